The van der Waals surface area contributed by atoms with E-state index in [1.807, 2.05) is 0 Å². The minimum absolute atomic E-state index is 0.747. The van der Waals surface area contributed by atoms with Gasteiger partial charge in [0.1, 0.15) is 0 Å². The Balaban J connectivity index is 1.71. The highest BCUT2D eigenvalue weighted by Crippen LogP contribution is 2.30. The van der Waals surface area contributed by atoms with Crippen molar-refractivity contribution in [3.63, 3.8) is 0 Å². The molecule has 2 aromatic rings. The number of anilines is 1. The second kappa shape index (κ2) is 6.74. The molecule has 0 fully saturated rings. The minimum Gasteiger partial charge on any atom is -0.383 e. The van der Waals surface area contributed by atoms with Crippen LogP contribution in [0.5, 0.6) is 0 Å². The van der Waals surface area contributed by atoms with Gasteiger partial charge in [-0.25, -0.2) is 0 Å². The molecule has 1 aliphatic heterocycles. The lowest BCUT2D eigenvalue weighted by Gasteiger charge is -2.21. The van der Waals surface area contributed by atoms with E-state index in [2.05, 4.69) is 58.7 Å². The molecule has 3 heteroatoms. The summed E-state index contributed by atoms with van der Waals surface area (Å²) in [6.45, 7) is 4.52. The van der Waals surface area contributed by atoms with Crippen LogP contribution in [-0.2, 0) is 24.4 Å². The van der Waals surface area contributed by atoms with Gasteiger partial charge in [0.2, 0.25) is 0 Å². The van der Waals surface area contributed by atoms with Gasteiger partial charge in [0, 0.05) is 39.0 Å². The summed E-state index contributed by atoms with van der Waals surface area (Å²) in [4.78, 5) is 2.46. The Labute approximate surface area is 126 Å². The number of hydrogen-bond acceptors (Lipinski definition) is 3. The maximum absolute atomic E-state index is 5.08. The van der Waals surface area contributed by atoms with E-state index >= 15 is 0 Å². The SMILES string of the molecule is COCCNCc1ccccc1N1Cc2ccccc2C1. The highest BCUT2D eigenvalue weighted by molar-refractivity contribution is 5.57. The first kappa shape index (κ1) is 14.1. The Morgan fingerprint density at radius 3 is 2.38 bits per heavy atom. The molecule has 0 radical (unpaired) electrons. The first-order chi connectivity index (χ1) is 10.4. The monoisotopic (exact) mass is 282 g/mol. The molecule has 110 valence electrons. The van der Waals surface area contributed by atoms with Crippen molar-refractivity contribution in [1.82, 2.24) is 5.32 Å². The maximum atomic E-state index is 5.08. The van der Waals surface area contributed by atoms with Crippen molar-refractivity contribution >= 4 is 5.69 Å². The van der Waals surface area contributed by atoms with E-state index in [1.165, 1.54) is 22.4 Å². The second-order valence-electron chi connectivity index (χ2n) is 5.42. The molecule has 1 N–H and O–H groups in total. The lowest BCUT2D eigenvalue weighted by molar-refractivity contribution is 0.199. The lowest BCUT2D eigenvalue weighted by atomic mass is 10.1. The maximum Gasteiger partial charge on any atom is 0.0587 e. The molecular weight excluding hydrogens is 260 g/mol. The van der Waals surface area contributed by atoms with Gasteiger partial charge in [0.15, 0.2) is 0 Å². The second-order valence-corrected chi connectivity index (χ2v) is 5.42. The van der Waals surface area contributed by atoms with Gasteiger partial charge in [-0.05, 0) is 22.8 Å². The molecule has 1 heterocycles. The summed E-state index contributed by atoms with van der Waals surface area (Å²) in [5.41, 5.74) is 5.57. The molecule has 1 aliphatic rings. The van der Waals surface area contributed by atoms with E-state index in [4.69, 9.17) is 4.74 Å². The van der Waals surface area contributed by atoms with Crippen LogP contribution in [0.15, 0.2) is 48.5 Å². The minimum atomic E-state index is 0.747. The average Bonchev–Trinajstić information content (AvgIpc) is 2.96. The van der Waals surface area contributed by atoms with Crippen LogP contribution >= 0.6 is 0 Å². The Morgan fingerprint density at radius 2 is 1.67 bits per heavy atom. The highest BCUT2D eigenvalue weighted by atomic mass is 16.5. The van der Waals surface area contributed by atoms with E-state index in [-0.39, 0.29) is 0 Å². The molecule has 0 aliphatic carbocycles. The van der Waals surface area contributed by atoms with Crippen LogP contribution in [0, 0.1) is 0 Å². The Hall–Kier alpha value is -1.84. The number of para-hydroxylation sites is 1. The largest absolute Gasteiger partial charge is 0.383 e. The summed E-state index contributed by atoms with van der Waals surface area (Å²) in [5, 5.41) is 3.44. The molecule has 0 spiro atoms. The van der Waals surface area contributed by atoms with E-state index in [1.54, 1.807) is 7.11 Å². The molecule has 0 atom stereocenters. The van der Waals surface area contributed by atoms with Gasteiger partial charge >= 0.3 is 0 Å². The van der Waals surface area contributed by atoms with Crippen molar-refractivity contribution in [3.8, 4) is 0 Å². The molecule has 3 nitrogen and oxygen atoms in total. The van der Waals surface area contributed by atoms with Crippen molar-refractivity contribution in [2.24, 2.45) is 0 Å². The number of hydrogen-bond donors (Lipinski definition) is 1. The highest BCUT2D eigenvalue weighted by Gasteiger charge is 2.20. The first-order valence-electron chi connectivity index (χ1n) is 7.48. The number of nitrogens with zero attached hydrogens (tertiary/aromatic N) is 1. The third-order valence-corrected chi connectivity index (χ3v) is 3.97. The summed E-state index contributed by atoms with van der Waals surface area (Å²) in [6.07, 6.45) is 0. The summed E-state index contributed by atoms with van der Waals surface area (Å²) >= 11 is 0. The number of nitrogens with one attached hydrogen (secondary N) is 1. The quantitative estimate of drug-likeness (QED) is 0.824. The van der Waals surface area contributed by atoms with Gasteiger partial charge < -0.3 is 15.0 Å². The van der Waals surface area contributed by atoms with Crippen LogP contribution in [0.4, 0.5) is 5.69 Å². The third-order valence-electron chi connectivity index (χ3n) is 3.97. The van der Waals surface area contributed by atoms with Crippen LogP contribution in [0.1, 0.15) is 16.7 Å². The Morgan fingerprint density at radius 1 is 1.00 bits per heavy atom. The zero-order chi connectivity index (χ0) is 14.5. The van der Waals surface area contributed by atoms with Crippen LogP contribution < -0.4 is 10.2 Å². The fraction of sp³-hybridized carbons (Fsp3) is 0.333. The summed E-state index contributed by atoms with van der Waals surface area (Å²) in [5.74, 6) is 0. The Bertz CT molecular complexity index is 572. The number of rotatable bonds is 6. The fourth-order valence-corrected chi connectivity index (χ4v) is 2.87. The molecular formula is C18H22N2O. The standard InChI is InChI=1S/C18H22N2O/c1-21-11-10-19-12-15-6-4-5-9-18(15)20-13-16-7-2-3-8-17(16)14-20/h2-9,19H,10-14H2,1H3. The molecule has 21 heavy (non-hydrogen) atoms. The molecule has 0 unspecified atom stereocenters. The van der Waals surface area contributed by atoms with Gasteiger partial charge in [-0.1, -0.05) is 42.5 Å². The third kappa shape index (κ3) is 3.26. The molecule has 2 aromatic carbocycles. The van der Waals surface area contributed by atoms with Crippen LogP contribution in [0.3, 0.4) is 0 Å². The van der Waals surface area contributed by atoms with Gasteiger partial charge in [-0.2, -0.15) is 0 Å². The van der Waals surface area contributed by atoms with E-state index in [0.29, 0.717) is 0 Å². The summed E-state index contributed by atoms with van der Waals surface area (Å²) in [6, 6.07) is 17.4. The molecule has 0 amide bonds. The number of ether oxygens (including phenoxy) is 1. The van der Waals surface area contributed by atoms with Crippen molar-refractivity contribution in [2.45, 2.75) is 19.6 Å². The molecule has 0 bridgehead atoms. The summed E-state index contributed by atoms with van der Waals surface area (Å²) in [7, 11) is 1.73. The zero-order valence-corrected chi connectivity index (χ0v) is 12.5. The number of fused-ring (bicyclic) bond motifs is 1. The number of methoxy groups -OCH3 is 1. The van der Waals surface area contributed by atoms with Crippen LogP contribution in [-0.4, -0.2) is 20.3 Å². The van der Waals surface area contributed by atoms with Crippen molar-refractivity contribution in [3.05, 3.63) is 65.2 Å². The molecule has 0 saturated heterocycles. The first-order valence-corrected chi connectivity index (χ1v) is 7.48. The van der Waals surface area contributed by atoms with Crippen molar-refractivity contribution < 1.29 is 4.74 Å². The lowest BCUT2D eigenvalue weighted by Crippen LogP contribution is -2.22. The molecule has 0 aromatic heterocycles. The van der Waals surface area contributed by atoms with Gasteiger partial charge in [0.05, 0.1) is 6.61 Å². The van der Waals surface area contributed by atoms with Crippen LogP contribution in [0.2, 0.25) is 0 Å². The van der Waals surface area contributed by atoms with Gasteiger partial charge in [-0.3, -0.25) is 0 Å². The van der Waals surface area contributed by atoms with Gasteiger partial charge in [0.25, 0.3) is 0 Å². The normalized spacial score (nSPS) is 13.5. The predicted molar refractivity (Wildman–Crippen MR) is 86.4 cm³/mol. The zero-order valence-electron chi connectivity index (χ0n) is 12.5. The Kier molecular flexibility index (Phi) is 4.53. The predicted octanol–water partition coefficient (Wildman–Crippen LogP) is 2.94. The molecule has 0 saturated carbocycles. The number of benzene rings is 2. The average molecular weight is 282 g/mol. The summed E-state index contributed by atoms with van der Waals surface area (Å²) < 4.78 is 5.08. The fourth-order valence-electron chi connectivity index (χ4n) is 2.87. The van der Waals surface area contributed by atoms with Gasteiger partial charge in [-0.15, -0.1) is 0 Å². The molecule has 3 rings (SSSR count). The van der Waals surface area contributed by atoms with Crippen LogP contribution in [0.25, 0.3) is 0 Å². The van der Waals surface area contributed by atoms with E-state index in [9.17, 15) is 0 Å². The van der Waals surface area contributed by atoms with E-state index < -0.39 is 0 Å². The van der Waals surface area contributed by atoms with E-state index in [0.717, 1.165) is 32.8 Å². The smallest absolute Gasteiger partial charge is 0.0587 e. The van der Waals surface area contributed by atoms with Crippen molar-refractivity contribution in [2.75, 3.05) is 25.2 Å². The topological polar surface area (TPSA) is 24.5 Å². The van der Waals surface area contributed by atoms with Crippen molar-refractivity contribution in [1.29, 1.82) is 0 Å².